The summed E-state index contributed by atoms with van der Waals surface area (Å²) >= 11 is 0. The van der Waals surface area contributed by atoms with Gasteiger partial charge in [-0.3, -0.25) is 4.99 Å². The van der Waals surface area contributed by atoms with E-state index in [1.807, 2.05) is 13.0 Å². The number of guanidine groups is 1. The highest BCUT2D eigenvalue weighted by Gasteiger charge is 2.24. The van der Waals surface area contributed by atoms with Crippen LogP contribution in [-0.4, -0.2) is 64.9 Å². The van der Waals surface area contributed by atoms with Crippen LogP contribution in [0.3, 0.4) is 0 Å². The number of ether oxygens (including phenoxy) is 1. The Morgan fingerprint density at radius 2 is 2.12 bits per heavy atom. The van der Waals surface area contributed by atoms with Crippen molar-refractivity contribution in [3.63, 3.8) is 0 Å². The molecule has 6 nitrogen and oxygen atoms in total. The molecule has 2 rings (SSSR count). The van der Waals surface area contributed by atoms with Gasteiger partial charge in [0.25, 0.3) is 0 Å². The van der Waals surface area contributed by atoms with Gasteiger partial charge in [-0.2, -0.15) is 0 Å². The maximum absolute atomic E-state index is 12.3. The summed E-state index contributed by atoms with van der Waals surface area (Å²) in [5, 5.41) is 3.25. The monoisotopic (exact) mass is 353 g/mol. The summed E-state index contributed by atoms with van der Waals surface area (Å²) in [6.07, 6.45) is 1.07. The second kappa shape index (κ2) is 9.03. The number of methoxy groups -OCH3 is 1. The molecule has 1 aliphatic heterocycles. The van der Waals surface area contributed by atoms with Gasteiger partial charge in [-0.05, 0) is 25.5 Å². The fourth-order valence-electron chi connectivity index (χ4n) is 2.84. The summed E-state index contributed by atoms with van der Waals surface area (Å²) in [7, 11) is -1.57. The number of nitrogens with one attached hydrogen (secondary N) is 1. The lowest BCUT2D eigenvalue weighted by atomic mass is 10.1. The molecule has 0 radical (unpaired) electrons. The predicted octanol–water partition coefficient (Wildman–Crippen LogP) is 1.39. The average molecular weight is 353 g/mol. The molecular weight excluding hydrogens is 326 g/mol. The number of rotatable bonds is 7. The molecule has 1 aliphatic rings. The number of sulfone groups is 1. The van der Waals surface area contributed by atoms with Gasteiger partial charge in [-0.25, -0.2) is 8.42 Å². The molecule has 1 heterocycles. The lowest BCUT2D eigenvalue weighted by Crippen LogP contribution is -2.40. The van der Waals surface area contributed by atoms with Crippen molar-refractivity contribution in [3.8, 4) is 0 Å². The maximum atomic E-state index is 12.3. The van der Waals surface area contributed by atoms with E-state index in [2.05, 4.69) is 15.2 Å². The van der Waals surface area contributed by atoms with Gasteiger partial charge in [0.1, 0.15) is 0 Å². The summed E-state index contributed by atoms with van der Waals surface area (Å²) in [5.74, 6) is 1.31. The lowest BCUT2D eigenvalue weighted by molar-refractivity contribution is 0.157. The normalized spacial score (nSPS) is 18.8. The van der Waals surface area contributed by atoms with Crippen molar-refractivity contribution >= 4 is 15.8 Å². The first kappa shape index (κ1) is 18.7. The van der Waals surface area contributed by atoms with E-state index in [0.29, 0.717) is 10.8 Å². The van der Waals surface area contributed by atoms with Crippen molar-refractivity contribution in [2.75, 3.05) is 45.6 Å². The van der Waals surface area contributed by atoms with Crippen molar-refractivity contribution < 1.29 is 13.2 Å². The van der Waals surface area contributed by atoms with E-state index in [1.165, 1.54) is 0 Å². The molecule has 134 valence electrons. The Bertz CT molecular complexity index is 632. The van der Waals surface area contributed by atoms with Crippen LogP contribution >= 0.6 is 0 Å². The third-order valence-electron chi connectivity index (χ3n) is 4.05. The van der Waals surface area contributed by atoms with Gasteiger partial charge in [-0.15, -0.1) is 0 Å². The van der Waals surface area contributed by atoms with Crippen LogP contribution in [0.5, 0.6) is 0 Å². The van der Waals surface area contributed by atoms with Gasteiger partial charge in [0.15, 0.2) is 15.8 Å². The number of hydrogen-bond acceptors (Lipinski definition) is 4. The summed E-state index contributed by atoms with van der Waals surface area (Å²) in [5.41, 5.74) is 0. The fourth-order valence-corrected chi connectivity index (χ4v) is 3.98. The zero-order chi connectivity index (χ0) is 17.4. The Morgan fingerprint density at radius 3 is 2.79 bits per heavy atom. The largest absolute Gasteiger partial charge is 0.384 e. The first-order valence-corrected chi connectivity index (χ1v) is 10.0. The number of nitrogens with zero attached hydrogens (tertiary/aromatic N) is 2. The predicted molar refractivity (Wildman–Crippen MR) is 96.0 cm³/mol. The summed E-state index contributed by atoms with van der Waals surface area (Å²) < 4.78 is 29.8. The van der Waals surface area contributed by atoms with Crippen molar-refractivity contribution in [1.82, 2.24) is 10.2 Å². The minimum Gasteiger partial charge on any atom is -0.384 e. The summed E-state index contributed by atoms with van der Waals surface area (Å²) in [6.45, 7) is 5.59. The highest BCUT2D eigenvalue weighted by atomic mass is 32.2. The van der Waals surface area contributed by atoms with Crippen LogP contribution in [-0.2, 0) is 14.6 Å². The van der Waals surface area contributed by atoms with E-state index in [9.17, 15) is 8.42 Å². The van der Waals surface area contributed by atoms with E-state index in [1.54, 1.807) is 31.4 Å². The summed E-state index contributed by atoms with van der Waals surface area (Å²) in [6, 6.07) is 8.53. The van der Waals surface area contributed by atoms with Crippen molar-refractivity contribution in [1.29, 1.82) is 0 Å². The Labute approximate surface area is 144 Å². The first-order valence-electron chi connectivity index (χ1n) is 8.37. The zero-order valence-electron chi connectivity index (χ0n) is 14.4. The quantitative estimate of drug-likeness (QED) is 0.593. The van der Waals surface area contributed by atoms with Crippen molar-refractivity contribution in [3.05, 3.63) is 30.3 Å². The van der Waals surface area contributed by atoms with E-state index >= 15 is 0 Å². The minimum absolute atomic E-state index is 0.0151. The Kier molecular flexibility index (Phi) is 7.05. The number of hydrogen-bond donors (Lipinski definition) is 1. The second-order valence-electron chi connectivity index (χ2n) is 5.92. The Morgan fingerprint density at radius 1 is 1.38 bits per heavy atom. The van der Waals surface area contributed by atoms with Gasteiger partial charge in [-0.1, -0.05) is 18.2 Å². The zero-order valence-corrected chi connectivity index (χ0v) is 15.3. The highest BCUT2D eigenvalue weighted by Crippen LogP contribution is 2.16. The molecule has 1 aromatic rings. The summed E-state index contributed by atoms with van der Waals surface area (Å²) in [4.78, 5) is 7.05. The van der Waals surface area contributed by atoms with Crippen LogP contribution in [0.4, 0.5) is 0 Å². The van der Waals surface area contributed by atoms with Crippen LogP contribution in [0.1, 0.15) is 13.3 Å². The van der Waals surface area contributed by atoms with Crippen LogP contribution in [0.25, 0.3) is 0 Å². The molecule has 0 aliphatic carbocycles. The third-order valence-corrected chi connectivity index (χ3v) is 5.76. The molecule has 0 spiro atoms. The molecule has 1 unspecified atom stereocenters. The number of benzene rings is 1. The average Bonchev–Trinajstić information content (AvgIpc) is 3.04. The molecule has 1 saturated heterocycles. The molecular formula is C17H27N3O3S. The fraction of sp³-hybridized carbons (Fsp3) is 0.588. The number of aliphatic imine (C=N–C) groups is 1. The molecule has 1 atom stereocenters. The van der Waals surface area contributed by atoms with Gasteiger partial charge in [0.2, 0.25) is 0 Å². The minimum atomic E-state index is -3.29. The van der Waals surface area contributed by atoms with Crippen molar-refractivity contribution in [2.45, 2.75) is 18.2 Å². The van der Waals surface area contributed by atoms with E-state index in [4.69, 9.17) is 4.74 Å². The molecule has 0 bridgehead atoms. The van der Waals surface area contributed by atoms with Crippen LogP contribution in [0.15, 0.2) is 40.2 Å². The van der Waals surface area contributed by atoms with Crippen molar-refractivity contribution in [2.24, 2.45) is 10.9 Å². The SMILES string of the molecule is CCNC(=NCCS(=O)(=O)c1ccccc1)N1CCC(COC)C1. The first-order chi connectivity index (χ1) is 11.6. The van der Waals surface area contributed by atoms with Crippen LogP contribution < -0.4 is 5.32 Å². The highest BCUT2D eigenvalue weighted by molar-refractivity contribution is 7.91. The van der Waals surface area contributed by atoms with Gasteiger partial charge < -0.3 is 15.0 Å². The second-order valence-corrected chi connectivity index (χ2v) is 8.03. The topological polar surface area (TPSA) is 71.0 Å². The lowest BCUT2D eigenvalue weighted by Gasteiger charge is -2.21. The van der Waals surface area contributed by atoms with E-state index < -0.39 is 9.84 Å². The van der Waals surface area contributed by atoms with Crippen LogP contribution in [0, 0.1) is 5.92 Å². The standard InChI is InChI=1S/C17H27N3O3S/c1-3-18-17(20-11-9-15(13-20)14-23-2)19-10-12-24(21,22)16-7-5-4-6-8-16/h4-8,15H,3,9-14H2,1-2H3,(H,18,19). The molecule has 7 heteroatoms. The Hall–Kier alpha value is -1.60. The third kappa shape index (κ3) is 5.21. The molecule has 1 N–H and O–H groups in total. The molecule has 1 fully saturated rings. The molecule has 0 aromatic heterocycles. The number of likely N-dealkylation sites (tertiary alicyclic amines) is 1. The van der Waals surface area contributed by atoms with Gasteiger partial charge in [0, 0.05) is 32.7 Å². The van der Waals surface area contributed by atoms with E-state index in [-0.39, 0.29) is 12.3 Å². The molecule has 1 aromatic carbocycles. The smallest absolute Gasteiger partial charge is 0.193 e. The van der Waals surface area contributed by atoms with E-state index in [0.717, 1.165) is 38.6 Å². The molecule has 0 amide bonds. The van der Waals surface area contributed by atoms with Gasteiger partial charge >= 0.3 is 0 Å². The Balaban J connectivity index is 1.96. The molecule has 0 saturated carbocycles. The van der Waals surface area contributed by atoms with Crippen LogP contribution in [0.2, 0.25) is 0 Å². The maximum Gasteiger partial charge on any atom is 0.193 e. The van der Waals surface area contributed by atoms with Gasteiger partial charge in [0.05, 0.1) is 23.8 Å². The molecule has 24 heavy (non-hydrogen) atoms.